The Bertz CT molecular complexity index is 728. The van der Waals surface area contributed by atoms with Gasteiger partial charge in [0.1, 0.15) is 11.5 Å². The van der Waals surface area contributed by atoms with Crippen molar-refractivity contribution in [1.82, 2.24) is 0 Å². The fourth-order valence-electron chi connectivity index (χ4n) is 2.24. The van der Waals surface area contributed by atoms with Crippen molar-refractivity contribution in [3.63, 3.8) is 0 Å². The van der Waals surface area contributed by atoms with Crippen LogP contribution >= 0.6 is 0 Å². The number of anilines is 2. The molecule has 2 amide bonds. The first kappa shape index (κ1) is 18.3. The summed E-state index contributed by atoms with van der Waals surface area (Å²) in [6, 6.07) is 14.0. The molecular formula is C19H22N2O4. The number of hydrogen-bond donors (Lipinski definition) is 2. The summed E-state index contributed by atoms with van der Waals surface area (Å²) in [4.78, 5) is 23.6. The first-order chi connectivity index (χ1) is 12.0. The van der Waals surface area contributed by atoms with Gasteiger partial charge < -0.3 is 20.1 Å². The van der Waals surface area contributed by atoms with Crippen LogP contribution in [0.1, 0.15) is 20.3 Å². The molecular weight excluding hydrogens is 320 g/mol. The van der Waals surface area contributed by atoms with Gasteiger partial charge in [0.2, 0.25) is 5.91 Å². The topological polar surface area (TPSA) is 76.7 Å². The highest BCUT2D eigenvalue weighted by molar-refractivity contribution is 5.95. The summed E-state index contributed by atoms with van der Waals surface area (Å²) in [7, 11) is 1.59. The van der Waals surface area contributed by atoms with Crippen molar-refractivity contribution in [2.24, 2.45) is 0 Å². The van der Waals surface area contributed by atoms with Crippen molar-refractivity contribution in [3.05, 3.63) is 48.5 Å². The van der Waals surface area contributed by atoms with Crippen molar-refractivity contribution in [1.29, 1.82) is 0 Å². The van der Waals surface area contributed by atoms with Crippen molar-refractivity contribution in [3.8, 4) is 11.5 Å². The number of amides is 2. The number of rotatable bonds is 7. The zero-order valence-corrected chi connectivity index (χ0v) is 14.5. The lowest BCUT2D eigenvalue weighted by Gasteiger charge is -2.18. The van der Waals surface area contributed by atoms with Crippen LogP contribution in [0.15, 0.2) is 48.5 Å². The fourth-order valence-corrected chi connectivity index (χ4v) is 2.24. The van der Waals surface area contributed by atoms with E-state index >= 15 is 0 Å². The third kappa shape index (κ3) is 5.53. The molecule has 1 atom stereocenters. The first-order valence-electron chi connectivity index (χ1n) is 8.01. The van der Waals surface area contributed by atoms with E-state index in [2.05, 4.69) is 10.6 Å². The smallest absolute Gasteiger partial charge is 0.265 e. The maximum atomic E-state index is 12.5. The molecule has 0 spiro atoms. The zero-order chi connectivity index (χ0) is 18.2. The van der Waals surface area contributed by atoms with E-state index in [1.165, 1.54) is 6.92 Å². The summed E-state index contributed by atoms with van der Waals surface area (Å²) < 4.78 is 10.9. The van der Waals surface area contributed by atoms with Crippen LogP contribution in [0.4, 0.5) is 11.4 Å². The van der Waals surface area contributed by atoms with Crippen LogP contribution in [-0.4, -0.2) is 25.0 Å². The Morgan fingerprint density at radius 1 is 1.00 bits per heavy atom. The van der Waals surface area contributed by atoms with Gasteiger partial charge in [-0.1, -0.05) is 13.0 Å². The van der Waals surface area contributed by atoms with Crippen LogP contribution in [0.3, 0.4) is 0 Å². The Balaban J connectivity index is 2.02. The molecule has 2 N–H and O–H groups in total. The molecule has 0 saturated carbocycles. The molecule has 0 heterocycles. The second-order valence-electron chi connectivity index (χ2n) is 5.44. The normalized spacial score (nSPS) is 11.3. The van der Waals surface area contributed by atoms with Gasteiger partial charge in [-0.25, -0.2) is 0 Å². The second-order valence-corrected chi connectivity index (χ2v) is 5.44. The Hall–Kier alpha value is -3.02. The van der Waals surface area contributed by atoms with Gasteiger partial charge in [0.15, 0.2) is 6.10 Å². The van der Waals surface area contributed by atoms with Crippen LogP contribution in [0.2, 0.25) is 0 Å². The predicted octanol–water partition coefficient (Wildman–Crippen LogP) is 3.45. The molecule has 2 aromatic carbocycles. The molecule has 0 aromatic heterocycles. The molecule has 2 rings (SSSR count). The summed E-state index contributed by atoms with van der Waals surface area (Å²) >= 11 is 0. The van der Waals surface area contributed by atoms with E-state index in [0.29, 0.717) is 23.5 Å². The van der Waals surface area contributed by atoms with Crippen LogP contribution in [0.5, 0.6) is 11.5 Å². The standard InChI is InChI=1S/C19H22N2O4/c1-4-18(25-17-10-8-16(24-3)9-11-17)19(23)21-15-7-5-6-14(12-15)20-13(2)22/h5-12,18H,4H2,1-3H3,(H,20,22)(H,21,23)/t18-/m0/s1. The van der Waals surface area contributed by atoms with E-state index in [0.717, 1.165) is 5.75 Å². The van der Waals surface area contributed by atoms with Crippen LogP contribution in [0, 0.1) is 0 Å². The second kappa shape index (κ2) is 8.73. The number of carbonyl (C=O) groups excluding carboxylic acids is 2. The van der Waals surface area contributed by atoms with Crippen LogP contribution in [0.25, 0.3) is 0 Å². The molecule has 132 valence electrons. The minimum absolute atomic E-state index is 0.169. The Morgan fingerprint density at radius 3 is 2.16 bits per heavy atom. The number of ether oxygens (including phenoxy) is 2. The molecule has 0 unspecified atom stereocenters. The first-order valence-corrected chi connectivity index (χ1v) is 8.01. The van der Waals surface area contributed by atoms with Crippen molar-refractivity contribution < 1.29 is 19.1 Å². The lowest BCUT2D eigenvalue weighted by Crippen LogP contribution is -2.32. The van der Waals surface area contributed by atoms with Crippen molar-refractivity contribution >= 4 is 23.2 Å². The van der Waals surface area contributed by atoms with Crippen LogP contribution in [-0.2, 0) is 9.59 Å². The van der Waals surface area contributed by atoms with Gasteiger partial charge in [-0.2, -0.15) is 0 Å². The van der Waals surface area contributed by atoms with Gasteiger partial charge in [0.05, 0.1) is 7.11 Å². The molecule has 6 nitrogen and oxygen atoms in total. The molecule has 0 aliphatic carbocycles. The monoisotopic (exact) mass is 342 g/mol. The number of nitrogens with one attached hydrogen (secondary N) is 2. The van der Waals surface area contributed by atoms with Crippen LogP contribution < -0.4 is 20.1 Å². The summed E-state index contributed by atoms with van der Waals surface area (Å²) in [5, 5.41) is 5.49. The Morgan fingerprint density at radius 2 is 1.60 bits per heavy atom. The van der Waals surface area contributed by atoms with Gasteiger partial charge in [0.25, 0.3) is 5.91 Å². The van der Waals surface area contributed by atoms with Gasteiger partial charge in [0, 0.05) is 18.3 Å². The zero-order valence-electron chi connectivity index (χ0n) is 14.5. The van der Waals surface area contributed by atoms with Gasteiger partial charge in [-0.3, -0.25) is 9.59 Å². The van der Waals surface area contributed by atoms with Gasteiger partial charge in [-0.15, -0.1) is 0 Å². The van der Waals surface area contributed by atoms with E-state index < -0.39 is 6.10 Å². The summed E-state index contributed by atoms with van der Waals surface area (Å²) in [6.45, 7) is 3.31. The number of methoxy groups -OCH3 is 1. The lowest BCUT2D eigenvalue weighted by molar-refractivity contribution is -0.122. The van der Waals surface area contributed by atoms with Crippen molar-refractivity contribution in [2.45, 2.75) is 26.4 Å². The average molecular weight is 342 g/mol. The fraction of sp³-hybridized carbons (Fsp3) is 0.263. The third-order valence-electron chi connectivity index (χ3n) is 3.45. The SMILES string of the molecule is CC[C@H](Oc1ccc(OC)cc1)C(=O)Nc1cccc(NC(C)=O)c1. The molecule has 2 aromatic rings. The summed E-state index contributed by atoms with van der Waals surface area (Å²) in [5.41, 5.74) is 1.21. The van der Waals surface area contributed by atoms with E-state index in [4.69, 9.17) is 9.47 Å². The lowest BCUT2D eigenvalue weighted by atomic mass is 10.2. The minimum Gasteiger partial charge on any atom is -0.497 e. The number of hydrogen-bond acceptors (Lipinski definition) is 4. The Kier molecular flexibility index (Phi) is 6.39. The highest BCUT2D eigenvalue weighted by atomic mass is 16.5. The third-order valence-corrected chi connectivity index (χ3v) is 3.45. The average Bonchev–Trinajstić information content (AvgIpc) is 2.59. The van der Waals surface area contributed by atoms with Gasteiger partial charge in [-0.05, 0) is 48.9 Å². The molecule has 0 bridgehead atoms. The number of carbonyl (C=O) groups is 2. The summed E-state index contributed by atoms with van der Waals surface area (Å²) in [6.07, 6.45) is -0.110. The highest BCUT2D eigenvalue weighted by Gasteiger charge is 2.18. The molecule has 0 saturated heterocycles. The summed E-state index contributed by atoms with van der Waals surface area (Å²) in [5.74, 6) is 0.894. The predicted molar refractivity (Wildman–Crippen MR) is 97.1 cm³/mol. The van der Waals surface area contributed by atoms with Crippen molar-refractivity contribution in [2.75, 3.05) is 17.7 Å². The van der Waals surface area contributed by atoms with E-state index in [1.54, 1.807) is 55.6 Å². The highest BCUT2D eigenvalue weighted by Crippen LogP contribution is 2.20. The molecule has 0 radical (unpaired) electrons. The van der Waals surface area contributed by atoms with E-state index in [9.17, 15) is 9.59 Å². The van der Waals surface area contributed by atoms with Gasteiger partial charge >= 0.3 is 0 Å². The maximum Gasteiger partial charge on any atom is 0.265 e. The molecule has 6 heteroatoms. The Labute approximate surface area is 147 Å². The quantitative estimate of drug-likeness (QED) is 0.808. The molecule has 0 aliphatic rings. The van der Waals surface area contributed by atoms with E-state index in [1.807, 2.05) is 6.92 Å². The molecule has 0 fully saturated rings. The van der Waals surface area contributed by atoms with E-state index in [-0.39, 0.29) is 11.8 Å². The largest absolute Gasteiger partial charge is 0.497 e. The minimum atomic E-state index is -0.627. The number of benzene rings is 2. The maximum absolute atomic E-state index is 12.5. The molecule has 0 aliphatic heterocycles. The molecule has 25 heavy (non-hydrogen) atoms.